The molecular weight excluding hydrogens is 396 g/mol. The summed E-state index contributed by atoms with van der Waals surface area (Å²) in [4.78, 5) is 22.3. The number of hydrogen-bond donors (Lipinski definition) is 0. The van der Waals surface area contributed by atoms with Crippen molar-refractivity contribution in [3.63, 3.8) is 0 Å². The molecule has 0 radical (unpaired) electrons. The van der Waals surface area contributed by atoms with Crippen molar-refractivity contribution in [2.24, 2.45) is 0 Å². The van der Waals surface area contributed by atoms with Crippen LogP contribution in [0.2, 0.25) is 0 Å². The van der Waals surface area contributed by atoms with Gasteiger partial charge in [0.25, 0.3) is 0 Å². The summed E-state index contributed by atoms with van der Waals surface area (Å²) in [6, 6.07) is 15.4. The first-order valence-corrected chi connectivity index (χ1v) is 9.89. The van der Waals surface area contributed by atoms with E-state index in [4.69, 9.17) is 18.9 Å². The van der Waals surface area contributed by atoms with E-state index in [0.717, 1.165) is 23.3 Å². The molecule has 0 aliphatic rings. The number of benzene rings is 2. The minimum absolute atomic E-state index is 0.165. The van der Waals surface area contributed by atoms with Crippen molar-refractivity contribution >= 4 is 11.9 Å². The molecule has 6 nitrogen and oxygen atoms in total. The Bertz CT molecular complexity index is 897. The van der Waals surface area contributed by atoms with Crippen LogP contribution in [0.25, 0.3) is 0 Å². The number of esters is 2. The first-order chi connectivity index (χ1) is 14.8. The zero-order chi connectivity index (χ0) is 22.9. The molecule has 0 aromatic heterocycles. The van der Waals surface area contributed by atoms with Crippen LogP contribution in [0.15, 0.2) is 73.8 Å². The highest BCUT2D eigenvalue weighted by molar-refractivity contribution is 5.81. The molecular formula is C25H28O6. The van der Waals surface area contributed by atoms with Crippen LogP contribution in [-0.2, 0) is 24.5 Å². The van der Waals surface area contributed by atoms with Gasteiger partial charge < -0.3 is 18.9 Å². The van der Waals surface area contributed by atoms with Crippen LogP contribution in [-0.4, -0.2) is 31.4 Å². The van der Waals surface area contributed by atoms with E-state index in [2.05, 4.69) is 27.0 Å². The first kappa shape index (κ1) is 23.7. The summed E-state index contributed by atoms with van der Waals surface area (Å²) >= 11 is 0. The van der Waals surface area contributed by atoms with Crippen LogP contribution in [0.3, 0.4) is 0 Å². The van der Waals surface area contributed by atoms with Gasteiger partial charge in [-0.2, -0.15) is 0 Å². The normalized spacial score (nSPS) is 11.7. The Morgan fingerprint density at radius 1 is 0.871 bits per heavy atom. The minimum atomic E-state index is -0.711. The molecule has 1 unspecified atom stereocenters. The zero-order valence-electron chi connectivity index (χ0n) is 18.1. The summed E-state index contributed by atoms with van der Waals surface area (Å²) in [7, 11) is 0. The van der Waals surface area contributed by atoms with Gasteiger partial charge in [-0.25, -0.2) is 9.59 Å². The maximum Gasteiger partial charge on any atom is 0.333 e. The minimum Gasteiger partial charge on any atom is -0.490 e. The molecule has 1 atom stereocenters. The molecule has 2 rings (SSSR count). The van der Waals surface area contributed by atoms with Gasteiger partial charge in [-0.1, -0.05) is 51.3 Å². The van der Waals surface area contributed by atoms with Gasteiger partial charge in [0.05, 0.1) is 0 Å². The molecule has 0 saturated carbocycles. The molecule has 6 heteroatoms. The van der Waals surface area contributed by atoms with Crippen LogP contribution in [0.1, 0.15) is 31.9 Å². The fraction of sp³-hybridized carbons (Fsp3) is 0.280. The maximum atomic E-state index is 11.2. The Kier molecular flexibility index (Phi) is 8.43. The SMILES string of the molecule is C=CC(=O)OCCOc1ccc(C(C)(C)c2ccc(OC(C)OC(=O)C=C)cc2)cc1. The molecule has 0 N–H and O–H groups in total. The van der Waals surface area contributed by atoms with E-state index in [-0.39, 0.29) is 18.6 Å². The predicted molar refractivity (Wildman–Crippen MR) is 118 cm³/mol. The van der Waals surface area contributed by atoms with Gasteiger partial charge in [-0.3, -0.25) is 0 Å². The molecule has 31 heavy (non-hydrogen) atoms. The second kappa shape index (κ2) is 11.0. The van der Waals surface area contributed by atoms with E-state index < -0.39 is 18.2 Å². The highest BCUT2D eigenvalue weighted by Gasteiger charge is 2.23. The largest absolute Gasteiger partial charge is 0.490 e. The molecule has 0 bridgehead atoms. The van der Waals surface area contributed by atoms with Gasteiger partial charge >= 0.3 is 11.9 Å². The number of rotatable bonds is 11. The van der Waals surface area contributed by atoms with Crippen LogP contribution in [0, 0.1) is 0 Å². The third-order valence-electron chi connectivity index (χ3n) is 4.67. The second-order valence-corrected chi connectivity index (χ2v) is 7.22. The average Bonchev–Trinajstić information content (AvgIpc) is 2.77. The molecule has 2 aromatic carbocycles. The summed E-state index contributed by atoms with van der Waals surface area (Å²) in [6.45, 7) is 13.0. The molecule has 164 valence electrons. The van der Waals surface area contributed by atoms with Crippen molar-refractivity contribution in [3.05, 3.63) is 85.0 Å². The second-order valence-electron chi connectivity index (χ2n) is 7.22. The van der Waals surface area contributed by atoms with Gasteiger partial charge in [0.2, 0.25) is 6.29 Å². The van der Waals surface area contributed by atoms with Crippen molar-refractivity contribution < 1.29 is 28.5 Å². The average molecular weight is 424 g/mol. The monoisotopic (exact) mass is 424 g/mol. The number of hydrogen-bond acceptors (Lipinski definition) is 6. The molecule has 0 heterocycles. The Hall–Kier alpha value is -3.54. The Balaban J connectivity index is 1.97. The van der Waals surface area contributed by atoms with Gasteiger partial charge in [0.1, 0.15) is 24.7 Å². The fourth-order valence-corrected chi connectivity index (χ4v) is 2.87. The lowest BCUT2D eigenvalue weighted by molar-refractivity contribution is -0.155. The number of ether oxygens (including phenoxy) is 4. The van der Waals surface area contributed by atoms with Crippen LogP contribution in [0.5, 0.6) is 11.5 Å². The third-order valence-corrected chi connectivity index (χ3v) is 4.67. The summed E-state index contributed by atoms with van der Waals surface area (Å²) < 4.78 is 21.1. The summed E-state index contributed by atoms with van der Waals surface area (Å²) in [5, 5.41) is 0. The van der Waals surface area contributed by atoms with Crippen LogP contribution >= 0.6 is 0 Å². The fourth-order valence-electron chi connectivity index (χ4n) is 2.87. The predicted octanol–water partition coefficient (Wildman–Crippen LogP) is 4.57. The Labute approximate surface area is 183 Å². The summed E-state index contributed by atoms with van der Waals surface area (Å²) in [5.74, 6) is 0.297. The topological polar surface area (TPSA) is 71.1 Å². The van der Waals surface area contributed by atoms with E-state index >= 15 is 0 Å². The Morgan fingerprint density at radius 3 is 1.90 bits per heavy atom. The van der Waals surface area contributed by atoms with E-state index in [0.29, 0.717) is 11.5 Å². The summed E-state index contributed by atoms with van der Waals surface area (Å²) in [6.07, 6.45) is 1.50. The van der Waals surface area contributed by atoms with E-state index in [1.54, 1.807) is 6.92 Å². The number of carbonyl (C=O) groups excluding carboxylic acids is 2. The van der Waals surface area contributed by atoms with Crippen LogP contribution in [0.4, 0.5) is 0 Å². The molecule has 0 amide bonds. The number of carbonyl (C=O) groups is 2. The van der Waals surface area contributed by atoms with Crippen molar-refractivity contribution in [1.82, 2.24) is 0 Å². The van der Waals surface area contributed by atoms with E-state index in [1.807, 2.05) is 48.5 Å². The van der Waals surface area contributed by atoms with Crippen LogP contribution < -0.4 is 9.47 Å². The molecule has 0 aliphatic carbocycles. The van der Waals surface area contributed by atoms with Gasteiger partial charge in [-0.15, -0.1) is 0 Å². The highest BCUT2D eigenvalue weighted by Crippen LogP contribution is 2.33. The third kappa shape index (κ3) is 7.03. The van der Waals surface area contributed by atoms with Crippen molar-refractivity contribution in [2.45, 2.75) is 32.5 Å². The molecule has 2 aromatic rings. The molecule has 0 aliphatic heterocycles. The quantitative estimate of drug-likeness (QED) is 0.228. The van der Waals surface area contributed by atoms with E-state index in [1.165, 1.54) is 0 Å². The smallest absolute Gasteiger partial charge is 0.333 e. The van der Waals surface area contributed by atoms with Gasteiger partial charge in [0.15, 0.2) is 0 Å². The standard InChI is InChI=1S/C25H28O6/c1-6-23(26)29-17-16-28-21-12-8-19(9-13-21)25(4,5)20-10-14-22(15-11-20)30-18(3)31-24(27)7-2/h6-15,18H,1-2,16-17H2,3-5H3. The molecule has 0 saturated heterocycles. The van der Waals surface area contributed by atoms with E-state index in [9.17, 15) is 9.59 Å². The van der Waals surface area contributed by atoms with Crippen molar-refractivity contribution in [3.8, 4) is 11.5 Å². The molecule has 0 fully saturated rings. The van der Waals surface area contributed by atoms with Crippen molar-refractivity contribution in [2.75, 3.05) is 13.2 Å². The zero-order valence-corrected chi connectivity index (χ0v) is 18.1. The lowest BCUT2D eigenvalue weighted by Crippen LogP contribution is -2.20. The first-order valence-electron chi connectivity index (χ1n) is 9.89. The van der Waals surface area contributed by atoms with Gasteiger partial charge in [-0.05, 0) is 35.4 Å². The van der Waals surface area contributed by atoms with Gasteiger partial charge in [0, 0.05) is 24.5 Å². The maximum absolute atomic E-state index is 11.2. The van der Waals surface area contributed by atoms with Crippen molar-refractivity contribution in [1.29, 1.82) is 0 Å². The lowest BCUT2D eigenvalue weighted by Gasteiger charge is -2.26. The highest BCUT2D eigenvalue weighted by atomic mass is 16.7. The lowest BCUT2D eigenvalue weighted by atomic mass is 9.78. The molecule has 0 spiro atoms. The summed E-state index contributed by atoms with van der Waals surface area (Å²) in [5.41, 5.74) is 1.96. The Morgan fingerprint density at radius 2 is 1.39 bits per heavy atom.